The van der Waals surface area contributed by atoms with E-state index < -0.39 is 0 Å². The summed E-state index contributed by atoms with van der Waals surface area (Å²) in [6, 6.07) is 8.46. The molecule has 0 spiro atoms. The highest BCUT2D eigenvalue weighted by atomic mass is 127. The fourth-order valence-corrected chi connectivity index (χ4v) is 2.79. The lowest BCUT2D eigenvalue weighted by Gasteiger charge is -2.25. The lowest BCUT2D eigenvalue weighted by molar-refractivity contribution is 0.280. The first-order valence-corrected chi connectivity index (χ1v) is 8.06. The van der Waals surface area contributed by atoms with E-state index in [1.54, 1.807) is 0 Å². The molecule has 0 heterocycles. The Morgan fingerprint density at radius 1 is 1.18 bits per heavy atom. The molecule has 0 aromatic heterocycles. The molecule has 0 aliphatic heterocycles. The first-order chi connectivity index (χ1) is 10.3. The van der Waals surface area contributed by atoms with Crippen LogP contribution in [-0.4, -0.2) is 23.7 Å². The summed E-state index contributed by atoms with van der Waals surface area (Å²) in [4.78, 5) is 4.67. The number of hydrogen-bond donors (Lipinski definition) is 3. The molecule has 0 radical (unpaired) electrons. The van der Waals surface area contributed by atoms with Gasteiger partial charge in [-0.1, -0.05) is 43.5 Å². The van der Waals surface area contributed by atoms with E-state index in [2.05, 4.69) is 22.5 Å². The summed E-state index contributed by atoms with van der Waals surface area (Å²) in [7, 11) is 0. The second-order valence-corrected chi connectivity index (χ2v) is 5.60. The largest absolute Gasteiger partial charge is 0.392 e. The highest BCUT2D eigenvalue weighted by Crippen LogP contribution is 2.17. The van der Waals surface area contributed by atoms with Crippen molar-refractivity contribution in [2.75, 3.05) is 6.54 Å². The third-order valence-electron chi connectivity index (χ3n) is 3.99. The van der Waals surface area contributed by atoms with Crippen molar-refractivity contribution >= 4 is 29.9 Å². The number of aliphatic hydroxyl groups excluding tert-OH is 1. The SMILES string of the molecule is CCNC(=NCc1ccccc1CO)NC1CCCCC1.I. The fourth-order valence-electron chi connectivity index (χ4n) is 2.79. The average molecular weight is 417 g/mol. The van der Waals surface area contributed by atoms with Gasteiger partial charge in [0.05, 0.1) is 13.2 Å². The lowest BCUT2D eigenvalue weighted by Crippen LogP contribution is -2.44. The molecule has 5 heteroatoms. The van der Waals surface area contributed by atoms with Gasteiger partial charge >= 0.3 is 0 Å². The van der Waals surface area contributed by atoms with Gasteiger partial charge in [0.1, 0.15) is 0 Å². The Kier molecular flexibility index (Phi) is 9.47. The number of benzene rings is 1. The summed E-state index contributed by atoms with van der Waals surface area (Å²) in [5, 5.41) is 16.2. The van der Waals surface area contributed by atoms with Crippen molar-refractivity contribution in [2.45, 2.75) is 58.2 Å². The second-order valence-electron chi connectivity index (χ2n) is 5.60. The predicted octanol–water partition coefficient (Wildman–Crippen LogP) is 3.18. The number of nitrogens with one attached hydrogen (secondary N) is 2. The number of guanidine groups is 1. The molecule has 1 saturated carbocycles. The molecule has 4 nitrogen and oxygen atoms in total. The molecule has 1 fully saturated rings. The molecule has 1 aromatic carbocycles. The van der Waals surface area contributed by atoms with Gasteiger partial charge in [-0.3, -0.25) is 0 Å². The summed E-state index contributed by atoms with van der Waals surface area (Å²) in [5.41, 5.74) is 2.04. The molecule has 2 rings (SSSR count). The third-order valence-corrected chi connectivity index (χ3v) is 3.99. The zero-order valence-electron chi connectivity index (χ0n) is 13.3. The van der Waals surface area contributed by atoms with E-state index in [1.165, 1.54) is 32.1 Å². The Morgan fingerprint density at radius 3 is 2.50 bits per heavy atom. The Balaban J connectivity index is 0.00000242. The van der Waals surface area contributed by atoms with Gasteiger partial charge in [-0.2, -0.15) is 0 Å². The Hall–Kier alpha value is -0.820. The number of aliphatic hydroxyl groups is 1. The topological polar surface area (TPSA) is 56.7 Å². The number of aliphatic imine (C=N–C) groups is 1. The maximum atomic E-state index is 9.37. The standard InChI is InChI=1S/C17H27N3O.HI/c1-2-18-17(20-16-10-4-3-5-11-16)19-12-14-8-6-7-9-15(14)13-21;/h6-9,16,21H,2-5,10-13H2,1H3,(H2,18,19,20);1H. The van der Waals surface area contributed by atoms with Crippen LogP contribution in [0.4, 0.5) is 0 Å². The van der Waals surface area contributed by atoms with Crippen LogP contribution in [0.1, 0.15) is 50.2 Å². The van der Waals surface area contributed by atoms with Gasteiger partial charge in [0.2, 0.25) is 0 Å². The Labute approximate surface area is 150 Å². The monoisotopic (exact) mass is 417 g/mol. The van der Waals surface area contributed by atoms with Crippen molar-refractivity contribution in [3.63, 3.8) is 0 Å². The highest BCUT2D eigenvalue weighted by molar-refractivity contribution is 14.0. The van der Waals surface area contributed by atoms with Gasteiger partial charge in [-0.25, -0.2) is 4.99 Å². The van der Waals surface area contributed by atoms with Crippen LogP contribution in [0.2, 0.25) is 0 Å². The van der Waals surface area contributed by atoms with E-state index >= 15 is 0 Å². The zero-order valence-corrected chi connectivity index (χ0v) is 15.7. The minimum Gasteiger partial charge on any atom is -0.392 e. The zero-order chi connectivity index (χ0) is 14.9. The van der Waals surface area contributed by atoms with Crippen LogP contribution < -0.4 is 10.6 Å². The maximum absolute atomic E-state index is 9.37. The highest BCUT2D eigenvalue weighted by Gasteiger charge is 2.14. The smallest absolute Gasteiger partial charge is 0.191 e. The second kappa shape index (κ2) is 10.8. The van der Waals surface area contributed by atoms with E-state index in [1.807, 2.05) is 24.3 Å². The van der Waals surface area contributed by atoms with Gasteiger partial charge in [0, 0.05) is 12.6 Å². The third kappa shape index (κ3) is 6.12. The quantitative estimate of drug-likeness (QED) is 0.392. The molecule has 0 saturated heterocycles. The molecule has 0 amide bonds. The lowest BCUT2D eigenvalue weighted by atomic mass is 9.96. The first-order valence-electron chi connectivity index (χ1n) is 8.06. The van der Waals surface area contributed by atoms with Crippen molar-refractivity contribution in [3.8, 4) is 0 Å². The van der Waals surface area contributed by atoms with Crippen LogP contribution >= 0.6 is 24.0 Å². The van der Waals surface area contributed by atoms with Crippen LogP contribution in [0.3, 0.4) is 0 Å². The molecule has 1 aromatic rings. The van der Waals surface area contributed by atoms with Crippen LogP contribution in [0.15, 0.2) is 29.3 Å². The average Bonchev–Trinajstić information content (AvgIpc) is 2.54. The number of halogens is 1. The van der Waals surface area contributed by atoms with Crippen LogP contribution in [0.25, 0.3) is 0 Å². The molecule has 1 aliphatic carbocycles. The van der Waals surface area contributed by atoms with Gasteiger partial charge < -0.3 is 15.7 Å². The summed E-state index contributed by atoms with van der Waals surface area (Å²) in [6.07, 6.45) is 6.44. The molecule has 124 valence electrons. The van der Waals surface area contributed by atoms with E-state index in [9.17, 15) is 5.11 Å². The summed E-state index contributed by atoms with van der Waals surface area (Å²) in [6.45, 7) is 3.61. The van der Waals surface area contributed by atoms with Gasteiger partial charge in [0.25, 0.3) is 0 Å². The molecular weight excluding hydrogens is 389 g/mol. The predicted molar refractivity (Wildman–Crippen MR) is 103 cm³/mol. The van der Waals surface area contributed by atoms with Crippen molar-refractivity contribution in [1.29, 1.82) is 0 Å². The first kappa shape index (κ1) is 19.2. The minimum atomic E-state index is 0. The van der Waals surface area contributed by atoms with E-state index in [4.69, 9.17) is 0 Å². The molecule has 0 atom stereocenters. The minimum absolute atomic E-state index is 0. The van der Waals surface area contributed by atoms with Gasteiger partial charge in [-0.05, 0) is 30.9 Å². The van der Waals surface area contributed by atoms with E-state index in [0.717, 1.165) is 23.6 Å². The molecular formula is C17H28IN3O. The molecule has 0 bridgehead atoms. The number of nitrogens with zero attached hydrogens (tertiary/aromatic N) is 1. The van der Waals surface area contributed by atoms with Crippen molar-refractivity contribution in [3.05, 3.63) is 35.4 Å². The van der Waals surface area contributed by atoms with Crippen molar-refractivity contribution in [1.82, 2.24) is 10.6 Å². The van der Waals surface area contributed by atoms with Crippen molar-refractivity contribution < 1.29 is 5.11 Å². The van der Waals surface area contributed by atoms with Crippen molar-refractivity contribution in [2.24, 2.45) is 4.99 Å². The van der Waals surface area contributed by atoms with Crippen LogP contribution in [0, 0.1) is 0 Å². The van der Waals surface area contributed by atoms with Crippen LogP contribution in [-0.2, 0) is 13.2 Å². The van der Waals surface area contributed by atoms with Gasteiger partial charge in [-0.15, -0.1) is 24.0 Å². The molecule has 22 heavy (non-hydrogen) atoms. The fraction of sp³-hybridized carbons (Fsp3) is 0.588. The normalized spacial score (nSPS) is 16.0. The summed E-state index contributed by atoms with van der Waals surface area (Å²) < 4.78 is 0. The van der Waals surface area contributed by atoms with E-state index in [-0.39, 0.29) is 30.6 Å². The molecule has 3 N–H and O–H groups in total. The molecule has 1 aliphatic rings. The number of rotatable bonds is 5. The maximum Gasteiger partial charge on any atom is 0.191 e. The van der Waals surface area contributed by atoms with E-state index in [0.29, 0.717) is 12.6 Å². The van der Waals surface area contributed by atoms with Gasteiger partial charge in [0.15, 0.2) is 5.96 Å². The summed E-state index contributed by atoms with van der Waals surface area (Å²) >= 11 is 0. The number of hydrogen-bond acceptors (Lipinski definition) is 2. The Bertz CT molecular complexity index is 459. The Morgan fingerprint density at radius 2 is 1.86 bits per heavy atom. The van der Waals surface area contributed by atoms with Crippen LogP contribution in [0.5, 0.6) is 0 Å². The molecule has 0 unspecified atom stereocenters. The summed E-state index contributed by atoms with van der Waals surface area (Å²) in [5.74, 6) is 0.886.